The van der Waals surface area contributed by atoms with Crippen molar-refractivity contribution in [3.63, 3.8) is 0 Å². The molecular weight excluding hydrogens is 278 g/mol. The molecule has 0 radical (unpaired) electrons. The van der Waals surface area contributed by atoms with Crippen molar-refractivity contribution in [1.29, 1.82) is 0 Å². The van der Waals surface area contributed by atoms with Gasteiger partial charge in [0.1, 0.15) is 0 Å². The zero-order valence-electron chi connectivity index (χ0n) is 11.1. The Balaban J connectivity index is 3.19. The van der Waals surface area contributed by atoms with Gasteiger partial charge in [-0.05, 0) is 35.6 Å². The molecule has 0 heterocycles. The molecular formula is C14H20BrNO. The highest BCUT2D eigenvalue weighted by atomic mass is 79.9. The van der Waals surface area contributed by atoms with Crippen molar-refractivity contribution < 1.29 is 4.79 Å². The number of nitrogens with one attached hydrogen (secondary N) is 1. The van der Waals surface area contributed by atoms with Crippen LogP contribution < -0.4 is 5.32 Å². The molecule has 0 saturated carbocycles. The third-order valence-electron chi connectivity index (χ3n) is 2.71. The average molecular weight is 298 g/mol. The molecule has 0 aliphatic heterocycles. The van der Waals surface area contributed by atoms with Crippen LogP contribution in [0.5, 0.6) is 0 Å². The highest BCUT2D eigenvalue weighted by molar-refractivity contribution is 9.10. The second-order valence-corrected chi connectivity index (χ2v) is 6.32. The van der Waals surface area contributed by atoms with Crippen molar-refractivity contribution in [3.05, 3.63) is 33.8 Å². The number of carbonyl (C=O) groups is 1. The number of hydrogen-bond acceptors (Lipinski definition) is 1. The van der Waals surface area contributed by atoms with Crippen molar-refractivity contribution in [2.75, 3.05) is 0 Å². The van der Waals surface area contributed by atoms with Gasteiger partial charge in [-0.25, -0.2) is 0 Å². The van der Waals surface area contributed by atoms with E-state index in [1.165, 1.54) is 11.1 Å². The van der Waals surface area contributed by atoms with Gasteiger partial charge in [-0.1, -0.05) is 42.8 Å². The molecule has 2 nitrogen and oxygen atoms in total. The van der Waals surface area contributed by atoms with Gasteiger partial charge in [0.2, 0.25) is 5.91 Å². The summed E-state index contributed by atoms with van der Waals surface area (Å²) in [5, 5.41) is 2.94. The molecule has 1 unspecified atom stereocenters. The van der Waals surface area contributed by atoms with Crippen LogP contribution in [0.1, 0.15) is 51.8 Å². The molecule has 1 N–H and O–H groups in total. The highest BCUT2D eigenvalue weighted by Crippen LogP contribution is 2.31. The second kappa shape index (κ2) is 5.21. The summed E-state index contributed by atoms with van der Waals surface area (Å²) >= 11 is 3.50. The zero-order chi connectivity index (χ0) is 13.2. The van der Waals surface area contributed by atoms with Gasteiger partial charge in [-0.15, -0.1) is 0 Å². The summed E-state index contributed by atoms with van der Waals surface area (Å²) in [7, 11) is 0. The molecule has 0 fully saturated rings. The van der Waals surface area contributed by atoms with E-state index in [0.717, 1.165) is 4.47 Å². The van der Waals surface area contributed by atoms with Crippen molar-refractivity contribution in [2.24, 2.45) is 0 Å². The molecule has 1 aromatic carbocycles. The molecule has 0 aromatic heterocycles. The summed E-state index contributed by atoms with van der Waals surface area (Å²) in [6.45, 7) is 10.1. The fraction of sp³-hybridized carbons (Fsp3) is 0.500. The normalized spacial score (nSPS) is 13.3. The van der Waals surface area contributed by atoms with Crippen LogP contribution in [-0.2, 0) is 10.2 Å². The molecule has 94 valence electrons. The SMILES string of the molecule is CC(=O)NC(C)c1ccc(Br)cc1C(C)(C)C. The molecule has 1 rings (SSSR count). The molecule has 17 heavy (non-hydrogen) atoms. The first-order valence-electron chi connectivity index (χ1n) is 5.79. The maximum atomic E-state index is 11.1. The number of halogens is 1. The Bertz CT molecular complexity index is 421. The van der Waals surface area contributed by atoms with Crippen LogP contribution in [0.15, 0.2) is 22.7 Å². The maximum Gasteiger partial charge on any atom is 0.217 e. The monoisotopic (exact) mass is 297 g/mol. The van der Waals surface area contributed by atoms with E-state index in [-0.39, 0.29) is 17.4 Å². The summed E-state index contributed by atoms with van der Waals surface area (Å²) in [5.74, 6) is 0.000257. The lowest BCUT2D eigenvalue weighted by atomic mass is 9.82. The van der Waals surface area contributed by atoms with Crippen LogP contribution in [0.2, 0.25) is 0 Å². The van der Waals surface area contributed by atoms with Gasteiger partial charge in [-0.2, -0.15) is 0 Å². The van der Waals surface area contributed by atoms with E-state index in [0.29, 0.717) is 0 Å². The van der Waals surface area contributed by atoms with Crippen molar-refractivity contribution in [2.45, 2.75) is 46.1 Å². The van der Waals surface area contributed by atoms with Gasteiger partial charge >= 0.3 is 0 Å². The lowest BCUT2D eigenvalue weighted by Crippen LogP contribution is -2.26. The standard InChI is InChI=1S/C14H20BrNO/c1-9(16-10(2)17)12-7-6-11(15)8-13(12)14(3,4)5/h6-9H,1-5H3,(H,16,17). The Morgan fingerprint density at radius 2 is 1.94 bits per heavy atom. The van der Waals surface area contributed by atoms with E-state index in [9.17, 15) is 4.79 Å². The zero-order valence-corrected chi connectivity index (χ0v) is 12.7. The number of amides is 1. The van der Waals surface area contributed by atoms with Crippen molar-refractivity contribution in [3.8, 4) is 0 Å². The van der Waals surface area contributed by atoms with E-state index >= 15 is 0 Å². The number of carbonyl (C=O) groups excluding carboxylic acids is 1. The average Bonchev–Trinajstić information content (AvgIpc) is 2.14. The quantitative estimate of drug-likeness (QED) is 0.880. The minimum absolute atomic E-state index is 0.000257. The van der Waals surface area contributed by atoms with E-state index in [1.54, 1.807) is 6.92 Å². The first-order valence-corrected chi connectivity index (χ1v) is 6.58. The van der Waals surface area contributed by atoms with Gasteiger partial charge in [0.25, 0.3) is 0 Å². The first kappa shape index (κ1) is 14.2. The molecule has 1 aromatic rings. The van der Waals surface area contributed by atoms with E-state index < -0.39 is 0 Å². The molecule has 1 atom stereocenters. The molecule has 0 aliphatic carbocycles. The van der Waals surface area contributed by atoms with Crippen LogP contribution in [0.3, 0.4) is 0 Å². The number of benzene rings is 1. The fourth-order valence-electron chi connectivity index (χ4n) is 1.94. The van der Waals surface area contributed by atoms with E-state index in [2.05, 4.69) is 54.2 Å². The predicted octanol–water partition coefficient (Wildman–Crippen LogP) is 3.94. The minimum atomic E-state index is 0.000257. The summed E-state index contributed by atoms with van der Waals surface area (Å²) in [6.07, 6.45) is 0. The molecule has 3 heteroatoms. The molecule has 1 amide bonds. The Labute approximate surface area is 112 Å². The fourth-order valence-corrected chi connectivity index (χ4v) is 2.30. The first-order chi connectivity index (χ1) is 7.71. The van der Waals surface area contributed by atoms with E-state index in [1.807, 2.05) is 13.0 Å². The van der Waals surface area contributed by atoms with Crippen LogP contribution in [-0.4, -0.2) is 5.91 Å². The number of rotatable bonds is 2. The molecule has 0 aliphatic rings. The highest BCUT2D eigenvalue weighted by Gasteiger charge is 2.21. The van der Waals surface area contributed by atoms with Crippen LogP contribution >= 0.6 is 15.9 Å². The summed E-state index contributed by atoms with van der Waals surface area (Å²) in [5.41, 5.74) is 2.50. The maximum absolute atomic E-state index is 11.1. The van der Waals surface area contributed by atoms with Gasteiger partial charge in [0.05, 0.1) is 6.04 Å². The van der Waals surface area contributed by atoms with Gasteiger partial charge in [0, 0.05) is 11.4 Å². The Kier molecular flexibility index (Phi) is 4.36. The van der Waals surface area contributed by atoms with Crippen LogP contribution in [0, 0.1) is 0 Å². The summed E-state index contributed by atoms with van der Waals surface area (Å²) in [4.78, 5) is 11.1. The lowest BCUT2D eigenvalue weighted by molar-refractivity contribution is -0.119. The lowest BCUT2D eigenvalue weighted by Gasteiger charge is -2.26. The third-order valence-corrected chi connectivity index (χ3v) is 3.20. The largest absolute Gasteiger partial charge is 0.350 e. The molecule has 0 spiro atoms. The topological polar surface area (TPSA) is 29.1 Å². The minimum Gasteiger partial charge on any atom is -0.350 e. The Morgan fingerprint density at radius 1 is 1.35 bits per heavy atom. The van der Waals surface area contributed by atoms with Crippen molar-refractivity contribution >= 4 is 21.8 Å². The second-order valence-electron chi connectivity index (χ2n) is 5.40. The number of hydrogen-bond donors (Lipinski definition) is 1. The van der Waals surface area contributed by atoms with Crippen molar-refractivity contribution in [1.82, 2.24) is 5.32 Å². The van der Waals surface area contributed by atoms with E-state index in [4.69, 9.17) is 0 Å². The smallest absolute Gasteiger partial charge is 0.217 e. The Hall–Kier alpha value is -0.830. The van der Waals surface area contributed by atoms with Crippen LogP contribution in [0.4, 0.5) is 0 Å². The van der Waals surface area contributed by atoms with Gasteiger partial charge in [-0.3, -0.25) is 4.79 Å². The summed E-state index contributed by atoms with van der Waals surface area (Å²) < 4.78 is 1.07. The Morgan fingerprint density at radius 3 is 2.41 bits per heavy atom. The predicted molar refractivity (Wildman–Crippen MR) is 75.1 cm³/mol. The summed E-state index contributed by atoms with van der Waals surface area (Å²) in [6, 6.07) is 6.26. The third kappa shape index (κ3) is 3.84. The van der Waals surface area contributed by atoms with Gasteiger partial charge < -0.3 is 5.32 Å². The molecule has 0 saturated heterocycles. The van der Waals surface area contributed by atoms with Crippen LogP contribution in [0.25, 0.3) is 0 Å². The molecule has 0 bridgehead atoms. The van der Waals surface area contributed by atoms with Gasteiger partial charge in [0.15, 0.2) is 0 Å².